The third-order valence-corrected chi connectivity index (χ3v) is 4.16. The number of carbonyl (C=O) groups is 1. The average Bonchev–Trinajstić information content (AvgIpc) is 3.06. The predicted molar refractivity (Wildman–Crippen MR) is 92.6 cm³/mol. The molecule has 1 saturated heterocycles. The Balaban J connectivity index is 1.70. The van der Waals surface area contributed by atoms with Crippen LogP contribution in [0.5, 0.6) is 0 Å². The Labute approximate surface area is 141 Å². The van der Waals surface area contributed by atoms with Crippen LogP contribution < -0.4 is 10.2 Å². The van der Waals surface area contributed by atoms with Crippen LogP contribution in [0.4, 0.5) is 11.4 Å². The average molecular weight is 329 g/mol. The van der Waals surface area contributed by atoms with Crippen molar-refractivity contribution in [3.05, 3.63) is 42.1 Å². The fraction of sp³-hybridized carbons (Fsp3) is 0.444. The van der Waals surface area contributed by atoms with Crippen LogP contribution >= 0.6 is 0 Å². The van der Waals surface area contributed by atoms with Crippen LogP contribution in [0, 0.1) is 0 Å². The molecule has 24 heavy (non-hydrogen) atoms. The minimum atomic E-state index is -0.250. The predicted octanol–water partition coefficient (Wildman–Crippen LogP) is 3.28. The van der Waals surface area contributed by atoms with Gasteiger partial charge in [0, 0.05) is 29.9 Å². The highest BCUT2D eigenvalue weighted by molar-refractivity contribution is 6.03. The lowest BCUT2D eigenvalue weighted by atomic mass is 10.1. The van der Waals surface area contributed by atoms with Gasteiger partial charge in [0.25, 0.3) is 5.91 Å². The number of morpholine rings is 1. The number of aromatic nitrogens is 1. The van der Waals surface area contributed by atoms with E-state index in [4.69, 9.17) is 9.15 Å². The number of benzene rings is 1. The van der Waals surface area contributed by atoms with E-state index in [1.807, 2.05) is 38.1 Å². The Hall–Kier alpha value is -2.34. The van der Waals surface area contributed by atoms with Gasteiger partial charge in [0.05, 0.1) is 13.2 Å². The highest BCUT2D eigenvalue weighted by Gasteiger charge is 2.20. The maximum absolute atomic E-state index is 12.4. The molecule has 1 aromatic carbocycles. The molecule has 6 heteroatoms. The van der Waals surface area contributed by atoms with E-state index in [9.17, 15) is 4.79 Å². The van der Waals surface area contributed by atoms with E-state index in [2.05, 4.69) is 22.1 Å². The summed E-state index contributed by atoms with van der Waals surface area (Å²) < 4.78 is 10.8. The smallest absolute Gasteiger partial charge is 0.277 e. The van der Waals surface area contributed by atoms with Crippen LogP contribution in [0.3, 0.4) is 0 Å². The molecule has 0 saturated carbocycles. The van der Waals surface area contributed by atoms with Crippen molar-refractivity contribution in [3.63, 3.8) is 0 Å². The minimum Gasteiger partial charge on any atom is -0.447 e. The Morgan fingerprint density at radius 1 is 1.33 bits per heavy atom. The van der Waals surface area contributed by atoms with Crippen LogP contribution in [0.15, 0.2) is 35.1 Å². The Bertz CT molecular complexity index is 694. The maximum Gasteiger partial charge on any atom is 0.277 e. The van der Waals surface area contributed by atoms with E-state index in [-0.39, 0.29) is 11.8 Å². The molecule has 0 unspecified atom stereocenters. The van der Waals surface area contributed by atoms with Gasteiger partial charge in [0.1, 0.15) is 5.76 Å². The summed E-state index contributed by atoms with van der Waals surface area (Å²) in [6.45, 7) is 8.44. The van der Waals surface area contributed by atoms with Crippen LogP contribution in [0.1, 0.15) is 42.9 Å². The number of amides is 1. The van der Waals surface area contributed by atoms with E-state index in [1.165, 1.54) is 6.39 Å². The number of rotatable bonds is 4. The molecule has 3 rings (SSSR count). The molecule has 0 bridgehead atoms. The summed E-state index contributed by atoms with van der Waals surface area (Å²) in [6, 6.07) is 8.20. The highest BCUT2D eigenvalue weighted by atomic mass is 16.5. The van der Waals surface area contributed by atoms with E-state index in [1.54, 1.807) is 0 Å². The number of nitrogens with one attached hydrogen (secondary N) is 1. The third-order valence-electron chi connectivity index (χ3n) is 4.16. The highest BCUT2D eigenvalue weighted by Crippen LogP contribution is 2.23. The number of oxazole rings is 1. The SMILES string of the molecule is CC(C)c1ocnc1C(=O)Nc1ccc(N2CCOC[C@@H]2C)cc1. The quantitative estimate of drug-likeness (QED) is 0.932. The number of carbonyl (C=O) groups excluding carboxylic acids is 1. The molecule has 0 radical (unpaired) electrons. The Morgan fingerprint density at radius 3 is 2.75 bits per heavy atom. The number of ether oxygens (including phenoxy) is 1. The molecule has 1 N–H and O–H groups in total. The zero-order chi connectivity index (χ0) is 17.1. The summed E-state index contributed by atoms with van der Waals surface area (Å²) >= 11 is 0. The first kappa shape index (κ1) is 16.5. The molecule has 1 fully saturated rings. The second-order valence-corrected chi connectivity index (χ2v) is 6.34. The lowest BCUT2D eigenvalue weighted by molar-refractivity contribution is 0.0989. The van der Waals surface area contributed by atoms with Gasteiger partial charge in [-0.1, -0.05) is 13.8 Å². The number of hydrogen-bond donors (Lipinski definition) is 1. The number of hydrogen-bond acceptors (Lipinski definition) is 5. The zero-order valence-electron chi connectivity index (χ0n) is 14.3. The summed E-state index contributed by atoms with van der Waals surface area (Å²) in [4.78, 5) is 18.7. The topological polar surface area (TPSA) is 67.6 Å². The van der Waals surface area contributed by atoms with Crippen molar-refractivity contribution in [2.45, 2.75) is 32.7 Å². The third kappa shape index (κ3) is 3.43. The molecular formula is C18H23N3O3. The molecule has 1 aromatic heterocycles. The first-order chi connectivity index (χ1) is 11.6. The first-order valence-electron chi connectivity index (χ1n) is 8.25. The second-order valence-electron chi connectivity index (χ2n) is 6.34. The monoisotopic (exact) mass is 329 g/mol. The number of nitrogens with zero attached hydrogens (tertiary/aromatic N) is 2. The lowest BCUT2D eigenvalue weighted by Crippen LogP contribution is -2.43. The van der Waals surface area contributed by atoms with Crippen LogP contribution in [-0.2, 0) is 4.74 Å². The van der Waals surface area contributed by atoms with Crippen molar-refractivity contribution in [1.29, 1.82) is 0 Å². The molecule has 128 valence electrons. The van der Waals surface area contributed by atoms with Crippen LogP contribution in [-0.4, -0.2) is 36.7 Å². The maximum atomic E-state index is 12.4. The minimum absolute atomic E-state index is 0.110. The Morgan fingerprint density at radius 2 is 2.08 bits per heavy atom. The van der Waals surface area contributed by atoms with Crippen molar-refractivity contribution in [3.8, 4) is 0 Å². The summed E-state index contributed by atoms with van der Waals surface area (Å²) in [7, 11) is 0. The van der Waals surface area contributed by atoms with Gasteiger partial charge in [-0.05, 0) is 31.2 Å². The van der Waals surface area contributed by atoms with Gasteiger partial charge in [-0.25, -0.2) is 4.98 Å². The van der Waals surface area contributed by atoms with E-state index < -0.39 is 0 Å². The van der Waals surface area contributed by atoms with Gasteiger partial charge >= 0.3 is 0 Å². The molecule has 6 nitrogen and oxygen atoms in total. The fourth-order valence-corrected chi connectivity index (χ4v) is 2.87. The zero-order valence-corrected chi connectivity index (χ0v) is 14.3. The lowest BCUT2D eigenvalue weighted by Gasteiger charge is -2.35. The normalized spacial score (nSPS) is 18.0. The van der Waals surface area contributed by atoms with Crippen molar-refractivity contribution >= 4 is 17.3 Å². The molecule has 0 spiro atoms. The summed E-state index contributed by atoms with van der Waals surface area (Å²) in [5.74, 6) is 0.463. The molecule has 1 amide bonds. The van der Waals surface area contributed by atoms with Crippen molar-refractivity contribution in [2.24, 2.45) is 0 Å². The molecule has 1 aliphatic rings. The van der Waals surface area contributed by atoms with Crippen LogP contribution in [0.25, 0.3) is 0 Å². The number of anilines is 2. The molecule has 1 aliphatic heterocycles. The molecule has 0 aliphatic carbocycles. The first-order valence-corrected chi connectivity index (χ1v) is 8.25. The second kappa shape index (κ2) is 7.05. The van der Waals surface area contributed by atoms with Crippen molar-refractivity contribution in [1.82, 2.24) is 4.98 Å². The van der Waals surface area contributed by atoms with Crippen molar-refractivity contribution < 1.29 is 13.9 Å². The molecular weight excluding hydrogens is 306 g/mol. The van der Waals surface area contributed by atoms with E-state index in [0.717, 1.165) is 31.1 Å². The summed E-state index contributed by atoms with van der Waals surface area (Å²) in [6.07, 6.45) is 1.31. The Kier molecular flexibility index (Phi) is 4.85. The van der Waals surface area contributed by atoms with Gasteiger partial charge in [-0.3, -0.25) is 4.79 Å². The largest absolute Gasteiger partial charge is 0.447 e. The summed E-state index contributed by atoms with van der Waals surface area (Å²) in [5, 5.41) is 2.88. The van der Waals surface area contributed by atoms with E-state index in [0.29, 0.717) is 17.5 Å². The van der Waals surface area contributed by atoms with Gasteiger partial charge in [-0.15, -0.1) is 0 Å². The van der Waals surface area contributed by atoms with Gasteiger partial charge in [-0.2, -0.15) is 0 Å². The summed E-state index contributed by atoms with van der Waals surface area (Å²) in [5.41, 5.74) is 2.21. The molecule has 1 atom stereocenters. The molecule has 2 heterocycles. The fourth-order valence-electron chi connectivity index (χ4n) is 2.87. The van der Waals surface area contributed by atoms with E-state index >= 15 is 0 Å². The van der Waals surface area contributed by atoms with Gasteiger partial charge < -0.3 is 19.4 Å². The molecule has 2 aromatic rings. The van der Waals surface area contributed by atoms with Gasteiger partial charge in [0.15, 0.2) is 12.1 Å². The van der Waals surface area contributed by atoms with Crippen molar-refractivity contribution in [2.75, 3.05) is 30.0 Å². The van der Waals surface area contributed by atoms with Crippen LogP contribution in [0.2, 0.25) is 0 Å². The standard InChI is InChI=1S/C18H23N3O3/c1-12(2)17-16(19-11-24-17)18(22)20-14-4-6-15(7-5-14)21-8-9-23-10-13(21)3/h4-7,11-13H,8-10H2,1-3H3,(H,20,22)/t13-/m0/s1. The van der Waals surface area contributed by atoms with Gasteiger partial charge in [0.2, 0.25) is 0 Å².